The fourth-order valence-corrected chi connectivity index (χ4v) is 6.65. The van der Waals surface area contributed by atoms with Gasteiger partial charge in [0.1, 0.15) is 6.61 Å². The molecule has 0 saturated heterocycles. The molecule has 0 radical (unpaired) electrons. The van der Waals surface area contributed by atoms with Gasteiger partial charge in [-0.3, -0.25) is 0 Å². The third-order valence-corrected chi connectivity index (χ3v) is 10.8. The molecule has 0 atom stereocenters. The minimum Gasteiger partial charge on any atom is -0.447 e. The molecule has 1 amide bonds. The van der Waals surface area contributed by atoms with Gasteiger partial charge in [0.05, 0.1) is 218 Å². The van der Waals surface area contributed by atoms with Crippen molar-refractivity contribution in [3.63, 3.8) is 0 Å². The van der Waals surface area contributed by atoms with Crippen molar-refractivity contribution in [2.75, 3.05) is 238 Å². The SMILES string of the molecule is CCCCCCCCCCCCCCCCCCNC(=O)OCCOCCOCCOCCOCCOCCOCCOCCOCCOCCOCCOCCOCCOCCOCCOCCOCCOC. The summed E-state index contributed by atoms with van der Waals surface area (Å²) in [5.41, 5.74) is 0. The second-order valence-corrected chi connectivity index (χ2v) is 17.2. The Morgan fingerprint density at radius 2 is 0.419 bits per heavy atom. The fourth-order valence-electron chi connectivity index (χ4n) is 6.65. The van der Waals surface area contributed by atoms with Crippen LogP contribution in [0.5, 0.6) is 0 Å². The average molecular weight is 1080 g/mol. The van der Waals surface area contributed by atoms with Crippen molar-refractivity contribution < 1.29 is 90.1 Å². The maximum atomic E-state index is 11.9. The molecule has 0 heterocycles. The Bertz CT molecular complexity index is 1010. The fraction of sp³-hybridized carbons (Fsp3) is 0.981. The number of alkyl carbamates (subject to hydrolysis) is 1. The van der Waals surface area contributed by atoms with Crippen LogP contribution in [0.3, 0.4) is 0 Å². The first kappa shape index (κ1) is 72.6. The van der Waals surface area contributed by atoms with E-state index < -0.39 is 0 Å². The van der Waals surface area contributed by atoms with Crippen LogP contribution in [-0.2, 0) is 85.3 Å². The van der Waals surface area contributed by atoms with Gasteiger partial charge in [-0.05, 0) is 6.42 Å². The minimum atomic E-state index is -0.383. The first-order valence-corrected chi connectivity index (χ1v) is 28.4. The van der Waals surface area contributed by atoms with Gasteiger partial charge in [-0.1, -0.05) is 103 Å². The summed E-state index contributed by atoms with van der Waals surface area (Å²) < 4.78 is 97.9. The van der Waals surface area contributed by atoms with E-state index in [0.717, 1.165) is 12.8 Å². The van der Waals surface area contributed by atoms with Crippen LogP contribution >= 0.6 is 0 Å². The number of hydrogen-bond acceptors (Lipinski definition) is 19. The summed E-state index contributed by atoms with van der Waals surface area (Å²) in [5.74, 6) is 0. The van der Waals surface area contributed by atoms with Crippen LogP contribution in [0.4, 0.5) is 4.79 Å². The van der Waals surface area contributed by atoms with Gasteiger partial charge < -0.3 is 90.6 Å². The molecule has 0 aromatic rings. The molecule has 1 N–H and O–H groups in total. The molecule has 20 nitrogen and oxygen atoms in total. The van der Waals surface area contributed by atoms with Crippen LogP contribution in [0.25, 0.3) is 0 Å². The summed E-state index contributed by atoms with van der Waals surface area (Å²) in [6, 6.07) is 0. The lowest BCUT2D eigenvalue weighted by atomic mass is 10.0. The van der Waals surface area contributed by atoms with E-state index in [1.165, 1.54) is 89.9 Å². The van der Waals surface area contributed by atoms with Crippen molar-refractivity contribution in [2.24, 2.45) is 0 Å². The molecule has 0 aromatic heterocycles. The summed E-state index contributed by atoms with van der Waals surface area (Å²) >= 11 is 0. The van der Waals surface area contributed by atoms with Gasteiger partial charge in [-0.2, -0.15) is 0 Å². The van der Waals surface area contributed by atoms with Crippen LogP contribution in [-0.4, -0.2) is 244 Å². The molecule has 20 heteroatoms. The van der Waals surface area contributed by atoms with Gasteiger partial charge in [0, 0.05) is 13.7 Å². The lowest BCUT2D eigenvalue weighted by molar-refractivity contribution is -0.0307. The molecule has 0 aliphatic carbocycles. The summed E-state index contributed by atoms with van der Waals surface area (Å²) in [7, 11) is 1.64. The number of amides is 1. The van der Waals surface area contributed by atoms with Crippen LogP contribution in [0, 0.1) is 0 Å². The standard InChI is InChI=1S/C54H109NO19/c1-3-4-5-6-7-8-9-10-11-12-13-14-15-16-17-18-19-55-54(56)74-53-52-73-51-50-72-49-48-71-47-46-70-45-44-69-43-42-68-41-40-67-39-38-66-37-36-65-35-34-64-33-32-63-31-30-62-29-28-61-27-26-60-25-24-59-23-22-58-21-20-57-2/h3-53H2,1-2H3,(H,55,56). The highest BCUT2D eigenvalue weighted by Gasteiger charge is 2.03. The van der Waals surface area contributed by atoms with E-state index >= 15 is 0 Å². The van der Waals surface area contributed by atoms with Crippen LogP contribution in [0.2, 0.25) is 0 Å². The number of hydrogen-bond donors (Lipinski definition) is 1. The summed E-state index contributed by atoms with van der Waals surface area (Å²) in [6.07, 6.45) is 21.0. The molecular weight excluding hydrogens is 967 g/mol. The normalized spacial score (nSPS) is 11.6. The van der Waals surface area contributed by atoms with E-state index in [2.05, 4.69) is 12.2 Å². The Labute approximate surface area is 448 Å². The van der Waals surface area contributed by atoms with Gasteiger partial charge >= 0.3 is 6.09 Å². The van der Waals surface area contributed by atoms with Crippen molar-refractivity contribution in [3.05, 3.63) is 0 Å². The lowest BCUT2D eigenvalue weighted by Gasteiger charge is -2.09. The van der Waals surface area contributed by atoms with Gasteiger partial charge in [0.15, 0.2) is 0 Å². The maximum Gasteiger partial charge on any atom is 0.407 e. The van der Waals surface area contributed by atoms with E-state index in [0.29, 0.717) is 225 Å². The van der Waals surface area contributed by atoms with Crippen molar-refractivity contribution in [3.8, 4) is 0 Å². The molecule has 0 fully saturated rings. The summed E-state index contributed by atoms with van der Waals surface area (Å²) in [5, 5.41) is 2.82. The zero-order valence-corrected chi connectivity index (χ0v) is 46.8. The zero-order valence-electron chi connectivity index (χ0n) is 46.8. The monoisotopic (exact) mass is 1080 g/mol. The molecule has 0 aliphatic rings. The second-order valence-electron chi connectivity index (χ2n) is 17.2. The smallest absolute Gasteiger partial charge is 0.407 e. The van der Waals surface area contributed by atoms with E-state index in [9.17, 15) is 4.79 Å². The molecule has 0 unspecified atom stereocenters. The van der Waals surface area contributed by atoms with Gasteiger partial charge in [-0.15, -0.1) is 0 Å². The van der Waals surface area contributed by atoms with E-state index in [4.69, 9.17) is 85.3 Å². The number of nitrogens with one attached hydrogen (secondary N) is 1. The van der Waals surface area contributed by atoms with Crippen molar-refractivity contribution in [1.29, 1.82) is 0 Å². The van der Waals surface area contributed by atoms with Gasteiger partial charge in [0.25, 0.3) is 0 Å². The van der Waals surface area contributed by atoms with Crippen molar-refractivity contribution in [2.45, 2.75) is 110 Å². The minimum absolute atomic E-state index is 0.221. The highest BCUT2D eigenvalue weighted by atomic mass is 16.6. The second kappa shape index (κ2) is 69.6. The molecular formula is C54H109NO19. The number of rotatable bonds is 68. The number of carbonyl (C=O) groups is 1. The Kier molecular flexibility index (Phi) is 68.3. The predicted molar refractivity (Wildman–Crippen MR) is 284 cm³/mol. The van der Waals surface area contributed by atoms with Crippen LogP contribution in [0.15, 0.2) is 0 Å². The highest BCUT2D eigenvalue weighted by Crippen LogP contribution is 2.13. The predicted octanol–water partition coefficient (Wildman–Crippen LogP) is 6.89. The molecule has 74 heavy (non-hydrogen) atoms. The van der Waals surface area contributed by atoms with E-state index in [1.54, 1.807) is 7.11 Å². The molecule has 0 aliphatic heterocycles. The lowest BCUT2D eigenvalue weighted by Crippen LogP contribution is -2.26. The first-order valence-electron chi connectivity index (χ1n) is 28.4. The zero-order chi connectivity index (χ0) is 53.1. The molecule has 0 saturated carbocycles. The van der Waals surface area contributed by atoms with Crippen molar-refractivity contribution in [1.82, 2.24) is 5.32 Å². The Morgan fingerprint density at radius 1 is 0.243 bits per heavy atom. The van der Waals surface area contributed by atoms with Crippen molar-refractivity contribution >= 4 is 6.09 Å². The van der Waals surface area contributed by atoms with Crippen LogP contribution in [0.1, 0.15) is 110 Å². The molecule has 0 aromatic carbocycles. The third kappa shape index (κ3) is 68.6. The Balaban J connectivity index is 3.12. The number of carbonyl (C=O) groups excluding carboxylic acids is 1. The summed E-state index contributed by atoms with van der Waals surface area (Å²) in [6.45, 7) is 19.5. The molecule has 0 bridgehead atoms. The number of ether oxygens (including phenoxy) is 18. The largest absolute Gasteiger partial charge is 0.447 e. The Morgan fingerprint density at radius 3 is 0.622 bits per heavy atom. The van der Waals surface area contributed by atoms with E-state index in [-0.39, 0.29) is 12.7 Å². The maximum absolute atomic E-state index is 11.9. The first-order chi connectivity index (χ1) is 36.8. The topological polar surface area (TPSA) is 195 Å². The van der Waals surface area contributed by atoms with Gasteiger partial charge in [-0.25, -0.2) is 4.79 Å². The molecule has 0 spiro atoms. The number of unbranched alkanes of at least 4 members (excludes halogenated alkanes) is 15. The highest BCUT2D eigenvalue weighted by molar-refractivity contribution is 5.66. The number of methoxy groups -OCH3 is 1. The molecule has 444 valence electrons. The average Bonchev–Trinajstić information content (AvgIpc) is 3.41. The Hall–Kier alpha value is -1.41. The summed E-state index contributed by atoms with van der Waals surface area (Å²) in [4.78, 5) is 11.9. The quantitative estimate of drug-likeness (QED) is 0.0618. The van der Waals surface area contributed by atoms with Gasteiger partial charge in [0.2, 0.25) is 0 Å². The third-order valence-electron chi connectivity index (χ3n) is 10.8. The van der Waals surface area contributed by atoms with Crippen LogP contribution < -0.4 is 5.32 Å². The van der Waals surface area contributed by atoms with E-state index in [1.807, 2.05) is 0 Å². The molecule has 0 rings (SSSR count).